The molecule has 0 fully saturated rings. The van der Waals surface area contributed by atoms with Crippen LogP contribution in [0.1, 0.15) is 10.4 Å². The van der Waals surface area contributed by atoms with Crippen LogP contribution >= 0.6 is 15.9 Å². The van der Waals surface area contributed by atoms with Gasteiger partial charge >= 0.3 is 5.97 Å². The van der Waals surface area contributed by atoms with E-state index in [0.29, 0.717) is 11.1 Å². The molecule has 0 aliphatic carbocycles. The Hall–Kier alpha value is -2.40. The molecule has 1 aromatic heterocycles. The van der Waals surface area contributed by atoms with Crippen molar-refractivity contribution in [3.05, 3.63) is 68.8 Å². The zero-order valence-electron chi connectivity index (χ0n) is 10.7. The minimum atomic E-state index is -1.30. The van der Waals surface area contributed by atoms with E-state index >= 15 is 0 Å². The maximum Gasteiger partial charge on any atom is 0.343 e. The molecule has 0 amide bonds. The maximum atomic E-state index is 12.4. The van der Waals surface area contributed by atoms with Crippen LogP contribution in [-0.2, 0) is 0 Å². The van der Waals surface area contributed by atoms with Gasteiger partial charge in [-0.25, -0.2) is 4.79 Å². The Morgan fingerprint density at radius 2 is 1.71 bits per heavy atom. The number of para-hydroxylation sites is 1. The average molecular weight is 345 g/mol. The van der Waals surface area contributed by atoms with Gasteiger partial charge in [-0.05, 0) is 24.3 Å². The first kappa shape index (κ1) is 13.6. The average Bonchev–Trinajstić information content (AvgIpc) is 2.47. The standard InChI is InChI=1S/C16H9BrO4/c17-10-7-5-9(6-8-10)15-13(16(19)20)14(18)11-3-1-2-4-12(11)21-15/h1-8H,(H,19,20). The molecule has 1 N–H and O–H groups in total. The molecule has 21 heavy (non-hydrogen) atoms. The Kier molecular flexibility index (Phi) is 3.35. The lowest BCUT2D eigenvalue weighted by atomic mass is 10.0. The summed E-state index contributed by atoms with van der Waals surface area (Å²) in [5.74, 6) is -1.23. The second-order valence-electron chi connectivity index (χ2n) is 4.44. The molecule has 0 bridgehead atoms. The first-order valence-electron chi connectivity index (χ1n) is 6.13. The van der Waals surface area contributed by atoms with Crippen molar-refractivity contribution < 1.29 is 14.3 Å². The quantitative estimate of drug-likeness (QED) is 0.764. The zero-order chi connectivity index (χ0) is 15.0. The predicted molar refractivity (Wildman–Crippen MR) is 82.6 cm³/mol. The monoisotopic (exact) mass is 344 g/mol. The van der Waals surface area contributed by atoms with E-state index in [1.807, 2.05) is 0 Å². The minimum Gasteiger partial charge on any atom is -0.477 e. The second-order valence-corrected chi connectivity index (χ2v) is 5.36. The van der Waals surface area contributed by atoms with Crippen molar-refractivity contribution in [3.8, 4) is 11.3 Å². The first-order chi connectivity index (χ1) is 10.1. The molecule has 0 unspecified atom stereocenters. The van der Waals surface area contributed by atoms with E-state index in [0.717, 1.165) is 4.47 Å². The number of carboxylic acid groups (broad SMARTS) is 1. The van der Waals surface area contributed by atoms with E-state index in [9.17, 15) is 14.7 Å². The lowest BCUT2D eigenvalue weighted by Crippen LogP contribution is -2.16. The third-order valence-corrected chi connectivity index (χ3v) is 3.65. The zero-order valence-corrected chi connectivity index (χ0v) is 12.3. The number of aromatic carboxylic acids is 1. The highest BCUT2D eigenvalue weighted by atomic mass is 79.9. The van der Waals surface area contributed by atoms with Gasteiger partial charge in [-0.15, -0.1) is 0 Å². The van der Waals surface area contributed by atoms with Crippen LogP contribution in [0.15, 0.2) is 62.2 Å². The molecule has 0 radical (unpaired) electrons. The molecular weight excluding hydrogens is 336 g/mol. The van der Waals surface area contributed by atoms with Crippen molar-refractivity contribution >= 4 is 32.9 Å². The molecule has 4 nitrogen and oxygen atoms in total. The summed E-state index contributed by atoms with van der Waals surface area (Å²) in [5.41, 5.74) is 0.0159. The highest BCUT2D eigenvalue weighted by Gasteiger charge is 2.21. The highest BCUT2D eigenvalue weighted by molar-refractivity contribution is 9.10. The third kappa shape index (κ3) is 2.36. The first-order valence-corrected chi connectivity index (χ1v) is 6.92. The van der Waals surface area contributed by atoms with Crippen molar-refractivity contribution in [3.63, 3.8) is 0 Å². The van der Waals surface area contributed by atoms with Crippen LogP contribution in [0.4, 0.5) is 0 Å². The second kappa shape index (κ2) is 5.18. The van der Waals surface area contributed by atoms with Gasteiger partial charge in [0.15, 0.2) is 11.3 Å². The van der Waals surface area contributed by atoms with Crippen molar-refractivity contribution in [1.29, 1.82) is 0 Å². The molecule has 0 atom stereocenters. The smallest absolute Gasteiger partial charge is 0.343 e. The van der Waals surface area contributed by atoms with Crippen LogP contribution in [0.5, 0.6) is 0 Å². The normalized spacial score (nSPS) is 10.7. The van der Waals surface area contributed by atoms with Gasteiger partial charge in [0.05, 0.1) is 5.39 Å². The molecule has 0 saturated carbocycles. The van der Waals surface area contributed by atoms with Gasteiger partial charge in [0.1, 0.15) is 5.58 Å². The molecule has 0 saturated heterocycles. The van der Waals surface area contributed by atoms with E-state index in [-0.39, 0.29) is 16.7 Å². The van der Waals surface area contributed by atoms with Crippen molar-refractivity contribution in [2.24, 2.45) is 0 Å². The highest BCUT2D eigenvalue weighted by Crippen LogP contribution is 2.27. The van der Waals surface area contributed by atoms with Gasteiger partial charge < -0.3 is 9.52 Å². The van der Waals surface area contributed by atoms with E-state index < -0.39 is 11.4 Å². The van der Waals surface area contributed by atoms with Crippen LogP contribution in [0.25, 0.3) is 22.3 Å². The Morgan fingerprint density at radius 1 is 1.05 bits per heavy atom. The number of fused-ring (bicyclic) bond motifs is 1. The molecule has 0 aliphatic rings. The molecule has 3 rings (SSSR count). The summed E-state index contributed by atoms with van der Waals surface area (Å²) < 4.78 is 6.52. The van der Waals surface area contributed by atoms with Gasteiger partial charge in [0, 0.05) is 10.0 Å². The fourth-order valence-electron chi connectivity index (χ4n) is 2.14. The molecule has 0 aliphatic heterocycles. The molecule has 5 heteroatoms. The summed E-state index contributed by atoms with van der Waals surface area (Å²) in [6.07, 6.45) is 0. The fourth-order valence-corrected chi connectivity index (χ4v) is 2.41. The fraction of sp³-hybridized carbons (Fsp3) is 0. The minimum absolute atomic E-state index is 0.0682. The van der Waals surface area contributed by atoms with Crippen LogP contribution < -0.4 is 5.43 Å². The lowest BCUT2D eigenvalue weighted by molar-refractivity contribution is 0.0694. The summed E-state index contributed by atoms with van der Waals surface area (Å²) in [5, 5.41) is 9.61. The Balaban J connectivity index is 2.40. The maximum absolute atomic E-state index is 12.4. The summed E-state index contributed by atoms with van der Waals surface area (Å²) in [6, 6.07) is 13.5. The SMILES string of the molecule is O=C(O)c1c(-c2ccc(Br)cc2)oc2ccccc2c1=O. The molecular formula is C16H9BrO4. The van der Waals surface area contributed by atoms with Crippen LogP contribution in [0.3, 0.4) is 0 Å². The van der Waals surface area contributed by atoms with Gasteiger partial charge in [0.2, 0.25) is 5.43 Å². The van der Waals surface area contributed by atoms with E-state index in [4.69, 9.17) is 4.42 Å². The summed E-state index contributed by atoms with van der Waals surface area (Å²) in [7, 11) is 0. The van der Waals surface area contributed by atoms with Gasteiger partial charge in [-0.2, -0.15) is 0 Å². The summed E-state index contributed by atoms with van der Waals surface area (Å²) in [4.78, 5) is 23.8. The Bertz CT molecular complexity index is 894. The molecule has 0 spiro atoms. The topological polar surface area (TPSA) is 67.5 Å². The van der Waals surface area contributed by atoms with Gasteiger partial charge in [-0.1, -0.05) is 40.2 Å². The van der Waals surface area contributed by atoms with Crippen molar-refractivity contribution in [1.82, 2.24) is 0 Å². The third-order valence-electron chi connectivity index (χ3n) is 3.12. The number of hydrogen-bond donors (Lipinski definition) is 1. The van der Waals surface area contributed by atoms with E-state index in [1.54, 1.807) is 48.5 Å². The number of carboxylic acids is 1. The van der Waals surface area contributed by atoms with Gasteiger partial charge in [0.25, 0.3) is 0 Å². The molecule has 3 aromatic rings. The predicted octanol–water partition coefficient (Wildman–Crippen LogP) is 3.92. The Labute approximate surface area is 127 Å². The van der Waals surface area contributed by atoms with Crippen LogP contribution in [0.2, 0.25) is 0 Å². The van der Waals surface area contributed by atoms with E-state index in [1.165, 1.54) is 0 Å². The molecule has 104 valence electrons. The van der Waals surface area contributed by atoms with Gasteiger partial charge in [-0.3, -0.25) is 4.79 Å². The molecule has 2 aromatic carbocycles. The van der Waals surface area contributed by atoms with Crippen molar-refractivity contribution in [2.75, 3.05) is 0 Å². The summed E-state index contributed by atoms with van der Waals surface area (Å²) in [6.45, 7) is 0. The number of benzene rings is 2. The van der Waals surface area contributed by atoms with Crippen LogP contribution in [0, 0.1) is 0 Å². The number of hydrogen-bond acceptors (Lipinski definition) is 3. The largest absolute Gasteiger partial charge is 0.477 e. The summed E-state index contributed by atoms with van der Waals surface area (Å²) >= 11 is 3.31. The lowest BCUT2D eigenvalue weighted by Gasteiger charge is -2.07. The number of halogens is 1. The number of carbonyl (C=O) groups is 1. The Morgan fingerprint density at radius 3 is 2.38 bits per heavy atom. The molecule has 1 heterocycles. The van der Waals surface area contributed by atoms with Crippen LogP contribution in [-0.4, -0.2) is 11.1 Å². The number of rotatable bonds is 2. The van der Waals surface area contributed by atoms with E-state index in [2.05, 4.69) is 15.9 Å². The van der Waals surface area contributed by atoms with Crippen molar-refractivity contribution in [2.45, 2.75) is 0 Å².